The highest BCUT2D eigenvalue weighted by atomic mass is 16.5. The molecule has 2 nitrogen and oxygen atoms in total. The molecule has 0 aliphatic carbocycles. The third-order valence-electron chi connectivity index (χ3n) is 3.48. The van der Waals surface area contributed by atoms with Gasteiger partial charge in [-0.2, -0.15) is 0 Å². The second kappa shape index (κ2) is 7.55. The van der Waals surface area contributed by atoms with Gasteiger partial charge in [-0.15, -0.1) is 0 Å². The van der Waals surface area contributed by atoms with E-state index < -0.39 is 0 Å². The minimum absolute atomic E-state index is 0.289. The highest BCUT2D eigenvalue weighted by Gasteiger charge is 2.15. The smallest absolute Gasteiger partial charge is 0.0665 e. The molecule has 0 aromatic heterocycles. The Kier molecular flexibility index (Phi) is 6.37. The van der Waals surface area contributed by atoms with Crippen molar-refractivity contribution in [3.05, 3.63) is 35.4 Å². The van der Waals surface area contributed by atoms with Crippen LogP contribution in [0.15, 0.2) is 24.3 Å². The molecule has 2 unspecified atom stereocenters. The van der Waals surface area contributed by atoms with Gasteiger partial charge in [0.2, 0.25) is 0 Å². The summed E-state index contributed by atoms with van der Waals surface area (Å²) in [6, 6.07) is 8.81. The number of nitrogens with one attached hydrogen (secondary N) is 1. The van der Waals surface area contributed by atoms with Crippen molar-refractivity contribution in [2.24, 2.45) is 5.92 Å². The van der Waals surface area contributed by atoms with Crippen LogP contribution in [0.3, 0.4) is 0 Å². The Morgan fingerprint density at radius 1 is 1.17 bits per heavy atom. The molecule has 18 heavy (non-hydrogen) atoms. The van der Waals surface area contributed by atoms with Crippen molar-refractivity contribution in [2.75, 3.05) is 13.2 Å². The third kappa shape index (κ3) is 4.43. The molecule has 0 fully saturated rings. The Hall–Kier alpha value is -0.860. The van der Waals surface area contributed by atoms with Crippen LogP contribution in [0.5, 0.6) is 0 Å². The second-order valence-electron chi connectivity index (χ2n) is 5.25. The Morgan fingerprint density at radius 2 is 1.83 bits per heavy atom. The summed E-state index contributed by atoms with van der Waals surface area (Å²) in [5.41, 5.74) is 2.67. The van der Waals surface area contributed by atoms with Crippen LogP contribution in [-0.2, 0) is 4.74 Å². The fourth-order valence-corrected chi connectivity index (χ4v) is 1.92. The molecule has 1 aromatic carbocycles. The molecule has 2 heteroatoms. The van der Waals surface area contributed by atoms with Gasteiger partial charge in [-0.25, -0.2) is 0 Å². The Labute approximate surface area is 112 Å². The van der Waals surface area contributed by atoms with Gasteiger partial charge < -0.3 is 10.1 Å². The molecule has 0 amide bonds. The van der Waals surface area contributed by atoms with E-state index in [0.29, 0.717) is 12.0 Å². The van der Waals surface area contributed by atoms with Gasteiger partial charge in [-0.05, 0) is 37.4 Å². The van der Waals surface area contributed by atoms with Crippen LogP contribution in [0.1, 0.15) is 44.9 Å². The predicted molar refractivity (Wildman–Crippen MR) is 77.8 cm³/mol. The van der Waals surface area contributed by atoms with Crippen molar-refractivity contribution in [3.63, 3.8) is 0 Å². The molecular formula is C16H27NO. The number of rotatable bonds is 7. The highest BCUT2D eigenvalue weighted by Crippen LogP contribution is 2.19. The second-order valence-corrected chi connectivity index (χ2v) is 5.25. The largest absolute Gasteiger partial charge is 0.376 e. The van der Waals surface area contributed by atoms with Crippen LogP contribution < -0.4 is 5.32 Å². The van der Waals surface area contributed by atoms with Gasteiger partial charge in [-0.3, -0.25) is 0 Å². The van der Waals surface area contributed by atoms with Gasteiger partial charge >= 0.3 is 0 Å². The van der Waals surface area contributed by atoms with Gasteiger partial charge in [0.1, 0.15) is 0 Å². The predicted octanol–water partition coefficient (Wildman–Crippen LogP) is 3.71. The first-order valence-electron chi connectivity index (χ1n) is 6.96. The van der Waals surface area contributed by atoms with E-state index in [1.807, 2.05) is 0 Å². The van der Waals surface area contributed by atoms with Crippen LogP contribution in [0.4, 0.5) is 0 Å². The van der Waals surface area contributed by atoms with Crippen LogP contribution in [0, 0.1) is 12.8 Å². The summed E-state index contributed by atoms with van der Waals surface area (Å²) in [6.45, 7) is 12.5. The zero-order valence-corrected chi connectivity index (χ0v) is 12.4. The van der Waals surface area contributed by atoms with Gasteiger partial charge in [0.15, 0.2) is 0 Å². The first-order chi connectivity index (χ1) is 8.56. The molecule has 0 bridgehead atoms. The van der Waals surface area contributed by atoms with Crippen LogP contribution in [0.2, 0.25) is 0 Å². The molecule has 1 rings (SSSR count). The quantitative estimate of drug-likeness (QED) is 0.795. The van der Waals surface area contributed by atoms with Crippen LogP contribution in [-0.4, -0.2) is 19.3 Å². The van der Waals surface area contributed by atoms with Crippen molar-refractivity contribution in [2.45, 2.75) is 46.8 Å². The first-order valence-corrected chi connectivity index (χ1v) is 6.96. The van der Waals surface area contributed by atoms with Gasteiger partial charge in [0, 0.05) is 0 Å². The lowest BCUT2D eigenvalue weighted by Crippen LogP contribution is -2.29. The van der Waals surface area contributed by atoms with E-state index in [1.54, 1.807) is 0 Å². The summed E-state index contributed by atoms with van der Waals surface area (Å²) < 4.78 is 5.97. The number of benzene rings is 1. The number of aryl methyl sites for hydroxylation is 1. The van der Waals surface area contributed by atoms with E-state index in [0.717, 1.165) is 13.2 Å². The van der Waals surface area contributed by atoms with Gasteiger partial charge in [-0.1, -0.05) is 45.0 Å². The monoisotopic (exact) mass is 249 g/mol. The van der Waals surface area contributed by atoms with Crippen molar-refractivity contribution in [1.29, 1.82) is 0 Å². The number of likely N-dealkylation sites (N-methyl/N-ethyl adjacent to an activating group) is 1. The molecule has 1 aromatic rings. The average Bonchev–Trinajstić information content (AvgIpc) is 2.35. The summed E-state index contributed by atoms with van der Waals surface area (Å²) in [4.78, 5) is 0. The molecular weight excluding hydrogens is 222 g/mol. The van der Waals surface area contributed by atoms with Crippen molar-refractivity contribution in [3.8, 4) is 0 Å². The van der Waals surface area contributed by atoms with E-state index in [1.165, 1.54) is 11.1 Å². The van der Waals surface area contributed by atoms with E-state index in [2.05, 4.69) is 64.2 Å². The standard InChI is InChI=1S/C16H27NO/c1-6-17-16(11-18-14(5)12(2)3)15-10-8-7-9-13(15)4/h7-10,12,14,16-17H,6,11H2,1-5H3. The molecule has 1 N–H and O–H groups in total. The van der Waals surface area contributed by atoms with E-state index in [9.17, 15) is 0 Å². The maximum atomic E-state index is 5.97. The third-order valence-corrected chi connectivity index (χ3v) is 3.48. The topological polar surface area (TPSA) is 21.3 Å². The number of hydrogen-bond donors (Lipinski definition) is 1. The van der Waals surface area contributed by atoms with Crippen molar-refractivity contribution < 1.29 is 4.74 Å². The van der Waals surface area contributed by atoms with E-state index in [-0.39, 0.29) is 6.04 Å². The van der Waals surface area contributed by atoms with E-state index in [4.69, 9.17) is 4.74 Å². The molecule has 0 spiro atoms. The molecule has 0 aliphatic rings. The van der Waals surface area contributed by atoms with Gasteiger partial charge in [0.05, 0.1) is 18.8 Å². The Balaban J connectivity index is 2.68. The summed E-state index contributed by atoms with van der Waals surface area (Å²) in [5, 5.41) is 3.51. The zero-order chi connectivity index (χ0) is 13.5. The lowest BCUT2D eigenvalue weighted by Gasteiger charge is -2.24. The van der Waals surface area contributed by atoms with Gasteiger partial charge in [0.25, 0.3) is 0 Å². The molecule has 102 valence electrons. The molecule has 0 saturated heterocycles. The summed E-state index contributed by atoms with van der Waals surface area (Å²) in [6.07, 6.45) is 0.301. The van der Waals surface area contributed by atoms with Crippen molar-refractivity contribution in [1.82, 2.24) is 5.32 Å². The fourth-order valence-electron chi connectivity index (χ4n) is 1.92. The lowest BCUT2D eigenvalue weighted by molar-refractivity contribution is 0.0219. The molecule has 0 aliphatic heterocycles. The highest BCUT2D eigenvalue weighted by molar-refractivity contribution is 5.28. The minimum Gasteiger partial charge on any atom is -0.376 e. The minimum atomic E-state index is 0.289. The Bertz CT molecular complexity index is 349. The van der Waals surface area contributed by atoms with Crippen LogP contribution in [0.25, 0.3) is 0 Å². The first kappa shape index (κ1) is 15.2. The fraction of sp³-hybridized carbons (Fsp3) is 0.625. The summed E-state index contributed by atoms with van der Waals surface area (Å²) in [5.74, 6) is 0.559. The Morgan fingerprint density at radius 3 is 2.39 bits per heavy atom. The molecule has 2 atom stereocenters. The zero-order valence-electron chi connectivity index (χ0n) is 12.4. The maximum Gasteiger partial charge on any atom is 0.0665 e. The van der Waals surface area contributed by atoms with E-state index >= 15 is 0 Å². The summed E-state index contributed by atoms with van der Waals surface area (Å²) >= 11 is 0. The van der Waals surface area contributed by atoms with Crippen molar-refractivity contribution >= 4 is 0 Å². The molecule has 0 radical (unpaired) electrons. The number of hydrogen-bond acceptors (Lipinski definition) is 2. The lowest BCUT2D eigenvalue weighted by atomic mass is 10.0. The normalized spacial score (nSPS) is 14.8. The molecule has 0 saturated carbocycles. The molecule has 0 heterocycles. The number of ether oxygens (including phenoxy) is 1. The average molecular weight is 249 g/mol. The summed E-state index contributed by atoms with van der Waals surface area (Å²) in [7, 11) is 0. The maximum absolute atomic E-state index is 5.97. The van der Waals surface area contributed by atoms with Crippen LogP contribution >= 0.6 is 0 Å². The SMILES string of the molecule is CCNC(COC(C)C(C)C)c1ccccc1C.